The maximum Gasteiger partial charge on any atom is 0.255 e. The molecule has 3 aromatic carbocycles. The summed E-state index contributed by atoms with van der Waals surface area (Å²) in [4.78, 5) is 12.2. The highest BCUT2D eigenvalue weighted by Crippen LogP contribution is 2.27. The van der Waals surface area contributed by atoms with Crippen LogP contribution in [0.2, 0.25) is 0 Å². The number of rotatable bonds is 3. The van der Waals surface area contributed by atoms with Crippen LogP contribution in [0.5, 0.6) is 5.75 Å². The van der Waals surface area contributed by atoms with Gasteiger partial charge in [0, 0.05) is 16.6 Å². The van der Waals surface area contributed by atoms with Crippen molar-refractivity contribution < 1.29 is 13.9 Å². The van der Waals surface area contributed by atoms with Gasteiger partial charge in [0.15, 0.2) is 0 Å². The van der Waals surface area contributed by atoms with Crippen LogP contribution in [-0.4, -0.2) is 13.0 Å². The van der Waals surface area contributed by atoms with Gasteiger partial charge in [0.05, 0.1) is 7.11 Å². The fraction of sp³-hybridized carbons (Fsp3) is 0.0556. The molecule has 0 radical (unpaired) electrons. The number of halogens is 1. The van der Waals surface area contributed by atoms with Crippen LogP contribution in [0.1, 0.15) is 10.4 Å². The molecule has 1 N–H and O–H groups in total. The molecule has 0 aliphatic rings. The first-order valence-electron chi connectivity index (χ1n) is 6.81. The van der Waals surface area contributed by atoms with Crippen LogP contribution in [0.4, 0.5) is 10.1 Å². The standard InChI is InChI=1S/C18H14FNO2/c1-22-15-9-10-16-13(11-15)3-2-4-17(16)20-18(21)12-5-7-14(19)8-6-12/h2-11H,1H3,(H,20,21). The molecule has 0 fully saturated rings. The summed E-state index contributed by atoms with van der Waals surface area (Å²) >= 11 is 0. The van der Waals surface area contributed by atoms with Crippen LogP contribution in [0.25, 0.3) is 10.8 Å². The van der Waals surface area contributed by atoms with Gasteiger partial charge < -0.3 is 10.1 Å². The largest absolute Gasteiger partial charge is 0.497 e. The molecule has 3 nitrogen and oxygen atoms in total. The zero-order valence-corrected chi connectivity index (χ0v) is 12.0. The minimum atomic E-state index is -0.367. The van der Waals surface area contributed by atoms with Gasteiger partial charge in [-0.05, 0) is 53.9 Å². The number of nitrogens with one attached hydrogen (secondary N) is 1. The molecule has 0 bridgehead atoms. The lowest BCUT2D eigenvalue weighted by molar-refractivity contribution is 0.102. The smallest absolute Gasteiger partial charge is 0.255 e. The van der Waals surface area contributed by atoms with Crippen LogP contribution >= 0.6 is 0 Å². The van der Waals surface area contributed by atoms with Crippen molar-refractivity contribution in [2.24, 2.45) is 0 Å². The second-order valence-electron chi connectivity index (χ2n) is 4.85. The van der Waals surface area contributed by atoms with Crippen LogP contribution < -0.4 is 10.1 Å². The number of carbonyl (C=O) groups is 1. The third-order valence-corrected chi connectivity index (χ3v) is 3.44. The van der Waals surface area contributed by atoms with E-state index in [1.807, 2.05) is 36.4 Å². The van der Waals surface area contributed by atoms with Gasteiger partial charge in [-0.2, -0.15) is 0 Å². The average molecular weight is 295 g/mol. The van der Waals surface area contributed by atoms with Crippen molar-refractivity contribution in [2.45, 2.75) is 0 Å². The van der Waals surface area contributed by atoms with E-state index in [-0.39, 0.29) is 11.7 Å². The third kappa shape index (κ3) is 2.76. The van der Waals surface area contributed by atoms with E-state index in [9.17, 15) is 9.18 Å². The second kappa shape index (κ2) is 5.85. The minimum Gasteiger partial charge on any atom is -0.497 e. The molecular weight excluding hydrogens is 281 g/mol. The number of benzene rings is 3. The van der Waals surface area contributed by atoms with Gasteiger partial charge in [0.1, 0.15) is 11.6 Å². The molecule has 4 heteroatoms. The Morgan fingerprint density at radius 1 is 1.05 bits per heavy atom. The normalized spacial score (nSPS) is 10.5. The van der Waals surface area contributed by atoms with E-state index in [0.717, 1.165) is 16.5 Å². The lowest BCUT2D eigenvalue weighted by Crippen LogP contribution is -2.12. The lowest BCUT2D eigenvalue weighted by atomic mass is 10.1. The molecule has 0 unspecified atom stereocenters. The Morgan fingerprint density at radius 3 is 2.55 bits per heavy atom. The molecule has 0 heterocycles. The van der Waals surface area contributed by atoms with E-state index >= 15 is 0 Å². The zero-order chi connectivity index (χ0) is 15.5. The van der Waals surface area contributed by atoms with Crippen molar-refractivity contribution in [1.82, 2.24) is 0 Å². The number of fused-ring (bicyclic) bond motifs is 1. The van der Waals surface area contributed by atoms with Gasteiger partial charge in [0.25, 0.3) is 5.91 Å². The third-order valence-electron chi connectivity index (χ3n) is 3.44. The first-order chi connectivity index (χ1) is 10.7. The van der Waals surface area contributed by atoms with E-state index in [0.29, 0.717) is 11.3 Å². The molecule has 22 heavy (non-hydrogen) atoms. The summed E-state index contributed by atoms with van der Waals surface area (Å²) in [6.45, 7) is 0. The predicted octanol–water partition coefficient (Wildman–Crippen LogP) is 4.24. The average Bonchev–Trinajstić information content (AvgIpc) is 2.55. The number of methoxy groups -OCH3 is 1. The maximum atomic E-state index is 12.9. The Labute approximate surface area is 127 Å². The van der Waals surface area contributed by atoms with Gasteiger partial charge in [0.2, 0.25) is 0 Å². The Morgan fingerprint density at radius 2 is 1.82 bits per heavy atom. The number of hydrogen-bond acceptors (Lipinski definition) is 2. The summed E-state index contributed by atoms with van der Waals surface area (Å²) in [5.41, 5.74) is 1.11. The predicted molar refractivity (Wildman–Crippen MR) is 84.9 cm³/mol. The SMILES string of the molecule is COc1ccc2c(NC(=O)c3ccc(F)cc3)cccc2c1. The summed E-state index contributed by atoms with van der Waals surface area (Å²) in [6.07, 6.45) is 0. The van der Waals surface area contributed by atoms with Gasteiger partial charge in [-0.1, -0.05) is 12.1 Å². The van der Waals surface area contributed by atoms with Crippen molar-refractivity contribution >= 4 is 22.4 Å². The minimum absolute atomic E-state index is 0.275. The summed E-state index contributed by atoms with van der Waals surface area (Å²) in [5, 5.41) is 4.74. The number of amides is 1. The monoisotopic (exact) mass is 295 g/mol. The Hall–Kier alpha value is -2.88. The van der Waals surface area contributed by atoms with Crippen LogP contribution in [-0.2, 0) is 0 Å². The Balaban J connectivity index is 1.93. The van der Waals surface area contributed by atoms with Crippen molar-refractivity contribution in [3.8, 4) is 5.75 Å². The van der Waals surface area contributed by atoms with Crippen LogP contribution in [0.15, 0.2) is 60.7 Å². The Kier molecular flexibility index (Phi) is 3.74. The number of carbonyl (C=O) groups excluding carboxylic acids is 1. The highest BCUT2D eigenvalue weighted by molar-refractivity contribution is 6.09. The summed E-state index contributed by atoms with van der Waals surface area (Å²) in [7, 11) is 1.61. The first-order valence-corrected chi connectivity index (χ1v) is 6.81. The second-order valence-corrected chi connectivity index (χ2v) is 4.85. The lowest BCUT2D eigenvalue weighted by Gasteiger charge is -2.10. The molecular formula is C18H14FNO2. The van der Waals surface area contributed by atoms with E-state index in [1.165, 1.54) is 24.3 Å². The molecule has 1 amide bonds. The highest BCUT2D eigenvalue weighted by atomic mass is 19.1. The molecule has 0 aromatic heterocycles. The number of anilines is 1. The van der Waals surface area contributed by atoms with Gasteiger partial charge in [-0.3, -0.25) is 4.79 Å². The first kappa shape index (κ1) is 14.1. The van der Waals surface area contributed by atoms with Crippen molar-refractivity contribution in [3.63, 3.8) is 0 Å². The molecule has 0 saturated heterocycles. The molecule has 3 rings (SSSR count). The van der Waals surface area contributed by atoms with Crippen molar-refractivity contribution in [1.29, 1.82) is 0 Å². The summed E-state index contributed by atoms with van der Waals surface area (Å²) in [6, 6.07) is 16.7. The fourth-order valence-corrected chi connectivity index (χ4v) is 2.29. The van der Waals surface area contributed by atoms with E-state index < -0.39 is 0 Å². The molecule has 110 valence electrons. The highest BCUT2D eigenvalue weighted by Gasteiger charge is 2.09. The van der Waals surface area contributed by atoms with Crippen molar-refractivity contribution in [3.05, 3.63) is 72.0 Å². The van der Waals surface area contributed by atoms with E-state index in [4.69, 9.17) is 4.74 Å². The Bertz CT molecular complexity index is 828. The van der Waals surface area contributed by atoms with Gasteiger partial charge in [-0.15, -0.1) is 0 Å². The maximum absolute atomic E-state index is 12.9. The van der Waals surface area contributed by atoms with Gasteiger partial charge in [-0.25, -0.2) is 4.39 Å². The molecule has 0 saturated carbocycles. The van der Waals surface area contributed by atoms with Crippen LogP contribution in [0.3, 0.4) is 0 Å². The summed E-state index contributed by atoms with van der Waals surface area (Å²) in [5.74, 6) is 0.117. The van der Waals surface area contributed by atoms with Crippen molar-refractivity contribution in [2.75, 3.05) is 12.4 Å². The van der Waals surface area contributed by atoms with Crippen LogP contribution in [0, 0.1) is 5.82 Å². The molecule has 0 aliphatic carbocycles. The quantitative estimate of drug-likeness (QED) is 0.785. The fourth-order valence-electron chi connectivity index (χ4n) is 2.29. The number of ether oxygens (including phenoxy) is 1. The van der Waals surface area contributed by atoms with E-state index in [2.05, 4.69) is 5.32 Å². The topological polar surface area (TPSA) is 38.3 Å². The van der Waals surface area contributed by atoms with E-state index in [1.54, 1.807) is 7.11 Å². The molecule has 0 aliphatic heterocycles. The molecule has 0 atom stereocenters. The molecule has 3 aromatic rings. The number of hydrogen-bond donors (Lipinski definition) is 1. The van der Waals surface area contributed by atoms with Gasteiger partial charge >= 0.3 is 0 Å². The zero-order valence-electron chi connectivity index (χ0n) is 12.0. The summed E-state index contributed by atoms with van der Waals surface area (Å²) < 4.78 is 18.1. The molecule has 0 spiro atoms.